The Morgan fingerprint density at radius 1 is 1.60 bits per heavy atom. The molecule has 1 saturated heterocycles. The van der Waals surface area contributed by atoms with Crippen molar-refractivity contribution in [1.82, 2.24) is 4.90 Å². The summed E-state index contributed by atoms with van der Waals surface area (Å²) in [7, 11) is 0. The van der Waals surface area contributed by atoms with Crippen molar-refractivity contribution >= 4 is 28.9 Å². The summed E-state index contributed by atoms with van der Waals surface area (Å²) in [5.41, 5.74) is 6.88. The number of nitrogen functional groups attached to an aromatic ring is 1. The first-order valence-electron chi connectivity index (χ1n) is 6.73. The molecule has 1 aromatic carbocycles. The standard InChI is InChI=1S/C14H20ClN3O2/c1-10-8-18(5-2-6-20-10)9-14(19)17-13-4-3-11(15)7-12(13)16/h3-4,7,10H,2,5-6,8-9,16H2,1H3,(H,17,19). The van der Waals surface area contributed by atoms with Gasteiger partial charge in [-0.05, 0) is 31.5 Å². The Kier molecular flexibility index (Phi) is 5.23. The van der Waals surface area contributed by atoms with E-state index in [0.717, 1.165) is 26.1 Å². The van der Waals surface area contributed by atoms with E-state index in [-0.39, 0.29) is 12.0 Å². The summed E-state index contributed by atoms with van der Waals surface area (Å²) in [5.74, 6) is -0.0758. The fourth-order valence-corrected chi connectivity index (χ4v) is 2.44. The monoisotopic (exact) mass is 297 g/mol. The summed E-state index contributed by atoms with van der Waals surface area (Å²) in [4.78, 5) is 14.2. The predicted octanol–water partition coefficient (Wildman–Crippen LogP) is 1.97. The Bertz CT molecular complexity index is 481. The van der Waals surface area contributed by atoms with Gasteiger partial charge in [0.2, 0.25) is 5.91 Å². The number of rotatable bonds is 3. The van der Waals surface area contributed by atoms with Gasteiger partial charge >= 0.3 is 0 Å². The van der Waals surface area contributed by atoms with Gasteiger partial charge < -0.3 is 15.8 Å². The van der Waals surface area contributed by atoms with Gasteiger partial charge in [-0.25, -0.2) is 0 Å². The molecule has 0 bridgehead atoms. The zero-order chi connectivity index (χ0) is 14.5. The highest BCUT2D eigenvalue weighted by Crippen LogP contribution is 2.22. The minimum absolute atomic E-state index is 0.0758. The molecule has 1 aromatic rings. The number of hydrogen-bond donors (Lipinski definition) is 2. The molecule has 1 atom stereocenters. The molecule has 0 spiro atoms. The van der Waals surface area contributed by atoms with Crippen LogP contribution in [0.4, 0.5) is 11.4 Å². The van der Waals surface area contributed by atoms with Crippen molar-refractivity contribution < 1.29 is 9.53 Å². The number of carbonyl (C=O) groups excluding carboxylic acids is 1. The molecular weight excluding hydrogens is 278 g/mol. The first-order chi connectivity index (χ1) is 9.54. The van der Waals surface area contributed by atoms with E-state index in [2.05, 4.69) is 10.2 Å². The molecule has 0 saturated carbocycles. The Hall–Kier alpha value is -1.30. The zero-order valence-corrected chi connectivity index (χ0v) is 12.3. The lowest BCUT2D eigenvalue weighted by atomic mass is 10.2. The molecule has 2 rings (SSSR count). The maximum absolute atomic E-state index is 12.1. The van der Waals surface area contributed by atoms with Crippen LogP contribution in [0.1, 0.15) is 13.3 Å². The maximum Gasteiger partial charge on any atom is 0.238 e. The van der Waals surface area contributed by atoms with E-state index < -0.39 is 0 Å². The summed E-state index contributed by atoms with van der Waals surface area (Å²) in [5, 5.41) is 3.37. The largest absolute Gasteiger partial charge is 0.397 e. The molecule has 1 amide bonds. The summed E-state index contributed by atoms with van der Waals surface area (Å²) in [6, 6.07) is 5.04. The van der Waals surface area contributed by atoms with E-state index in [9.17, 15) is 4.79 Å². The first kappa shape index (κ1) is 15.1. The Labute approximate surface area is 124 Å². The lowest BCUT2D eigenvalue weighted by Crippen LogP contribution is -2.37. The van der Waals surface area contributed by atoms with Gasteiger partial charge in [0.05, 0.1) is 24.0 Å². The number of carbonyl (C=O) groups is 1. The van der Waals surface area contributed by atoms with Crippen LogP contribution in [0.25, 0.3) is 0 Å². The SMILES string of the molecule is CC1CN(CC(=O)Nc2ccc(Cl)cc2N)CCCO1. The molecule has 6 heteroatoms. The molecule has 0 aliphatic carbocycles. The van der Waals surface area contributed by atoms with Crippen molar-refractivity contribution in [3.8, 4) is 0 Å². The van der Waals surface area contributed by atoms with Gasteiger partial charge in [-0.15, -0.1) is 0 Å². The van der Waals surface area contributed by atoms with Crippen LogP contribution in [0, 0.1) is 0 Å². The second kappa shape index (κ2) is 6.92. The summed E-state index contributed by atoms with van der Waals surface area (Å²) in [6.07, 6.45) is 1.10. The van der Waals surface area contributed by atoms with Crippen LogP contribution in [0.15, 0.2) is 18.2 Å². The Morgan fingerprint density at radius 2 is 2.40 bits per heavy atom. The predicted molar refractivity (Wildman–Crippen MR) is 81.0 cm³/mol. The van der Waals surface area contributed by atoms with Crippen molar-refractivity contribution in [2.75, 3.05) is 37.3 Å². The van der Waals surface area contributed by atoms with E-state index in [0.29, 0.717) is 22.9 Å². The number of anilines is 2. The smallest absolute Gasteiger partial charge is 0.238 e. The van der Waals surface area contributed by atoms with Crippen LogP contribution in [0.5, 0.6) is 0 Å². The van der Waals surface area contributed by atoms with Gasteiger partial charge in [-0.3, -0.25) is 9.69 Å². The molecule has 0 aromatic heterocycles. The highest BCUT2D eigenvalue weighted by Gasteiger charge is 2.17. The van der Waals surface area contributed by atoms with Gasteiger partial charge in [0.1, 0.15) is 0 Å². The number of nitrogens with two attached hydrogens (primary N) is 1. The number of nitrogens with zero attached hydrogens (tertiary/aromatic N) is 1. The van der Waals surface area contributed by atoms with Gasteiger partial charge in [-0.1, -0.05) is 11.6 Å². The van der Waals surface area contributed by atoms with Crippen molar-refractivity contribution in [2.24, 2.45) is 0 Å². The van der Waals surface area contributed by atoms with Crippen LogP contribution in [0.2, 0.25) is 5.02 Å². The Balaban J connectivity index is 1.91. The van der Waals surface area contributed by atoms with Crippen molar-refractivity contribution in [3.63, 3.8) is 0 Å². The second-order valence-corrected chi connectivity index (χ2v) is 5.49. The summed E-state index contributed by atoms with van der Waals surface area (Å²) >= 11 is 5.83. The van der Waals surface area contributed by atoms with Gasteiger partial charge in [0.15, 0.2) is 0 Å². The molecule has 1 aliphatic rings. The lowest BCUT2D eigenvalue weighted by Gasteiger charge is -2.21. The number of benzene rings is 1. The van der Waals surface area contributed by atoms with E-state index >= 15 is 0 Å². The number of ether oxygens (including phenoxy) is 1. The number of nitrogens with one attached hydrogen (secondary N) is 1. The van der Waals surface area contributed by atoms with Crippen LogP contribution in [0.3, 0.4) is 0 Å². The summed E-state index contributed by atoms with van der Waals surface area (Å²) < 4.78 is 5.56. The quantitative estimate of drug-likeness (QED) is 0.837. The molecular formula is C14H20ClN3O2. The maximum atomic E-state index is 12.1. The molecule has 110 valence electrons. The molecule has 5 nitrogen and oxygen atoms in total. The van der Waals surface area contributed by atoms with Crippen molar-refractivity contribution in [3.05, 3.63) is 23.2 Å². The van der Waals surface area contributed by atoms with Crippen molar-refractivity contribution in [2.45, 2.75) is 19.4 Å². The third-order valence-corrected chi connectivity index (χ3v) is 3.43. The van der Waals surface area contributed by atoms with Crippen molar-refractivity contribution in [1.29, 1.82) is 0 Å². The molecule has 1 aliphatic heterocycles. The van der Waals surface area contributed by atoms with Crippen LogP contribution in [-0.2, 0) is 9.53 Å². The fraction of sp³-hybridized carbons (Fsp3) is 0.500. The minimum atomic E-state index is -0.0758. The fourth-order valence-electron chi connectivity index (χ4n) is 2.26. The number of amides is 1. The van der Waals surface area contributed by atoms with Crippen LogP contribution >= 0.6 is 11.6 Å². The lowest BCUT2D eigenvalue weighted by molar-refractivity contribution is -0.117. The third-order valence-electron chi connectivity index (χ3n) is 3.19. The molecule has 20 heavy (non-hydrogen) atoms. The van der Waals surface area contributed by atoms with Gasteiger partial charge in [0.25, 0.3) is 0 Å². The first-order valence-corrected chi connectivity index (χ1v) is 7.11. The Morgan fingerprint density at radius 3 is 3.15 bits per heavy atom. The number of halogens is 1. The molecule has 1 unspecified atom stereocenters. The highest BCUT2D eigenvalue weighted by molar-refractivity contribution is 6.31. The average Bonchev–Trinajstić information content (AvgIpc) is 2.57. The third kappa shape index (κ3) is 4.37. The normalized spacial score (nSPS) is 20.4. The van der Waals surface area contributed by atoms with Crippen LogP contribution < -0.4 is 11.1 Å². The highest BCUT2D eigenvalue weighted by atomic mass is 35.5. The topological polar surface area (TPSA) is 67.6 Å². The zero-order valence-electron chi connectivity index (χ0n) is 11.6. The molecule has 0 radical (unpaired) electrons. The van der Waals surface area contributed by atoms with Gasteiger partial charge in [0, 0.05) is 24.7 Å². The van der Waals surface area contributed by atoms with E-state index in [4.69, 9.17) is 22.1 Å². The molecule has 1 heterocycles. The summed E-state index contributed by atoms with van der Waals surface area (Å²) in [6.45, 7) is 4.75. The minimum Gasteiger partial charge on any atom is -0.397 e. The van der Waals surface area contributed by atoms with E-state index in [1.54, 1.807) is 18.2 Å². The van der Waals surface area contributed by atoms with E-state index in [1.165, 1.54) is 0 Å². The van der Waals surface area contributed by atoms with E-state index in [1.807, 2.05) is 6.92 Å². The second-order valence-electron chi connectivity index (χ2n) is 5.05. The molecule has 3 N–H and O–H groups in total. The average molecular weight is 298 g/mol. The number of hydrogen-bond acceptors (Lipinski definition) is 4. The van der Waals surface area contributed by atoms with Gasteiger partial charge in [-0.2, -0.15) is 0 Å². The molecule has 1 fully saturated rings. The van der Waals surface area contributed by atoms with Crippen LogP contribution in [-0.4, -0.2) is 43.2 Å².